The average molecular weight is 299 g/mol. The summed E-state index contributed by atoms with van der Waals surface area (Å²) in [7, 11) is 0. The van der Waals surface area contributed by atoms with Crippen molar-refractivity contribution in [2.45, 2.75) is 46.1 Å². The third-order valence-corrected chi connectivity index (χ3v) is 6.72. The molecule has 4 aliphatic rings. The molecule has 0 N–H and O–H groups in total. The zero-order valence-corrected chi connectivity index (χ0v) is 14.0. The lowest BCUT2D eigenvalue weighted by atomic mass is 9.49. The maximum absolute atomic E-state index is 4.15. The third kappa shape index (κ3) is 2.54. The topological polar surface area (TPSA) is 21.1 Å². The Morgan fingerprint density at radius 2 is 2.09 bits per heavy atom. The monoisotopic (exact) mass is 299 g/mol. The van der Waals surface area contributed by atoms with E-state index in [0.29, 0.717) is 5.41 Å². The van der Waals surface area contributed by atoms with Crippen LogP contribution in [0.2, 0.25) is 0 Å². The molecule has 1 aromatic heterocycles. The van der Waals surface area contributed by atoms with Crippen molar-refractivity contribution in [1.82, 2.24) is 14.5 Å². The number of allylic oxidation sites excluding steroid dienone is 1. The summed E-state index contributed by atoms with van der Waals surface area (Å²) in [6.07, 6.45) is 14.0. The first-order valence-corrected chi connectivity index (χ1v) is 9.00. The highest BCUT2D eigenvalue weighted by atomic mass is 15.1. The number of hydrogen-bond acceptors (Lipinski definition) is 2. The van der Waals surface area contributed by atoms with Gasteiger partial charge in [-0.25, -0.2) is 4.98 Å². The molecule has 3 aliphatic carbocycles. The fraction of sp³-hybridized carbons (Fsp3) is 0.737. The summed E-state index contributed by atoms with van der Waals surface area (Å²) in [5, 5.41) is 0. The standard InChI is InChI=1S/C19H29N3/c1-19(2)17-4-3-16(18(19)11-17)13-21-8-5-15(6-9-21)12-22-10-7-20-14-22/h3,7,10,14-15,17-18H,4-6,8-9,11-13H2,1-2H3/t17-,18-/m0/s1. The van der Waals surface area contributed by atoms with Gasteiger partial charge in [0.2, 0.25) is 0 Å². The smallest absolute Gasteiger partial charge is 0.0945 e. The summed E-state index contributed by atoms with van der Waals surface area (Å²) in [6.45, 7) is 9.89. The van der Waals surface area contributed by atoms with Crippen LogP contribution >= 0.6 is 0 Å². The van der Waals surface area contributed by atoms with Crippen molar-refractivity contribution in [3.05, 3.63) is 30.4 Å². The first-order valence-electron chi connectivity index (χ1n) is 9.00. The molecular weight excluding hydrogens is 270 g/mol. The van der Waals surface area contributed by atoms with Gasteiger partial charge >= 0.3 is 0 Å². The number of hydrogen-bond donors (Lipinski definition) is 0. The molecule has 1 aliphatic heterocycles. The van der Waals surface area contributed by atoms with E-state index in [9.17, 15) is 0 Å². The second-order valence-electron chi connectivity index (χ2n) is 8.30. The lowest BCUT2D eigenvalue weighted by Crippen LogP contribution is -2.50. The zero-order chi connectivity index (χ0) is 15.2. The van der Waals surface area contributed by atoms with Crippen LogP contribution in [0, 0.1) is 23.2 Å². The number of nitrogens with zero attached hydrogens (tertiary/aromatic N) is 3. The van der Waals surface area contributed by atoms with Crippen LogP contribution in [0.4, 0.5) is 0 Å². The maximum Gasteiger partial charge on any atom is 0.0945 e. The van der Waals surface area contributed by atoms with Crippen molar-refractivity contribution in [3.63, 3.8) is 0 Å². The first-order chi connectivity index (χ1) is 10.6. The fourth-order valence-corrected chi connectivity index (χ4v) is 4.93. The average Bonchev–Trinajstić information content (AvgIpc) is 3.02. The number of likely N-dealkylation sites (tertiary alicyclic amines) is 1. The van der Waals surface area contributed by atoms with E-state index < -0.39 is 0 Å². The van der Waals surface area contributed by atoms with Crippen LogP contribution in [-0.4, -0.2) is 34.1 Å². The molecule has 0 amide bonds. The maximum atomic E-state index is 4.15. The minimum atomic E-state index is 0.573. The number of rotatable bonds is 4. The molecule has 1 saturated carbocycles. The van der Waals surface area contributed by atoms with Crippen LogP contribution in [0.3, 0.4) is 0 Å². The van der Waals surface area contributed by atoms with Crippen molar-refractivity contribution < 1.29 is 0 Å². The van der Waals surface area contributed by atoms with Gasteiger partial charge in [-0.2, -0.15) is 0 Å². The molecule has 1 aromatic rings. The highest BCUT2D eigenvalue weighted by molar-refractivity contribution is 5.24. The highest BCUT2D eigenvalue weighted by Gasteiger charge is 2.51. The Hall–Kier alpha value is -1.09. The van der Waals surface area contributed by atoms with Crippen LogP contribution in [0.25, 0.3) is 0 Å². The molecule has 2 heterocycles. The lowest BCUT2D eigenvalue weighted by Gasteiger charge is -2.57. The molecule has 120 valence electrons. The van der Waals surface area contributed by atoms with E-state index >= 15 is 0 Å². The van der Waals surface area contributed by atoms with Crippen LogP contribution < -0.4 is 0 Å². The Balaban J connectivity index is 1.29. The summed E-state index contributed by atoms with van der Waals surface area (Å²) < 4.78 is 2.24. The lowest BCUT2D eigenvalue weighted by molar-refractivity contribution is -0.0116. The van der Waals surface area contributed by atoms with Gasteiger partial charge in [-0.1, -0.05) is 25.5 Å². The van der Waals surface area contributed by atoms with Crippen LogP contribution in [0.1, 0.15) is 39.5 Å². The number of aromatic nitrogens is 2. The zero-order valence-electron chi connectivity index (χ0n) is 14.0. The van der Waals surface area contributed by atoms with E-state index in [4.69, 9.17) is 0 Å². The Labute approximate surface area is 134 Å². The van der Waals surface area contributed by atoms with Crippen molar-refractivity contribution in [2.75, 3.05) is 19.6 Å². The molecule has 0 radical (unpaired) electrons. The predicted octanol–water partition coefficient (Wildman–Crippen LogP) is 3.59. The largest absolute Gasteiger partial charge is 0.337 e. The summed E-state index contributed by atoms with van der Waals surface area (Å²) in [5.41, 5.74) is 2.32. The van der Waals surface area contributed by atoms with Gasteiger partial charge in [0.05, 0.1) is 6.33 Å². The second-order valence-corrected chi connectivity index (χ2v) is 8.30. The van der Waals surface area contributed by atoms with Gasteiger partial charge in [0.1, 0.15) is 0 Å². The van der Waals surface area contributed by atoms with E-state index in [1.165, 1.54) is 45.3 Å². The molecule has 2 atom stereocenters. The van der Waals surface area contributed by atoms with Crippen molar-refractivity contribution in [3.8, 4) is 0 Å². The van der Waals surface area contributed by atoms with Gasteiger partial charge in [0.25, 0.3) is 0 Å². The molecule has 0 aromatic carbocycles. The molecule has 0 unspecified atom stereocenters. The van der Waals surface area contributed by atoms with Gasteiger partial charge in [-0.15, -0.1) is 0 Å². The normalized spacial score (nSPS) is 31.6. The Bertz CT molecular complexity index is 535. The Morgan fingerprint density at radius 1 is 1.27 bits per heavy atom. The molecule has 1 saturated heterocycles. The predicted molar refractivity (Wildman–Crippen MR) is 89.5 cm³/mol. The highest BCUT2D eigenvalue weighted by Crippen LogP contribution is 2.59. The Morgan fingerprint density at radius 3 is 2.73 bits per heavy atom. The van der Waals surface area contributed by atoms with Gasteiger partial charge in [-0.05, 0) is 61.9 Å². The van der Waals surface area contributed by atoms with Crippen molar-refractivity contribution in [1.29, 1.82) is 0 Å². The minimum absolute atomic E-state index is 0.573. The van der Waals surface area contributed by atoms with Gasteiger partial charge in [-0.3, -0.25) is 4.90 Å². The molecular formula is C19H29N3. The van der Waals surface area contributed by atoms with E-state index in [1.807, 2.05) is 12.5 Å². The minimum Gasteiger partial charge on any atom is -0.337 e. The molecule has 5 rings (SSSR count). The molecule has 2 fully saturated rings. The van der Waals surface area contributed by atoms with E-state index in [-0.39, 0.29) is 0 Å². The van der Waals surface area contributed by atoms with Crippen LogP contribution in [0.5, 0.6) is 0 Å². The second kappa shape index (κ2) is 5.52. The number of piperidine rings is 1. The van der Waals surface area contributed by atoms with Gasteiger partial charge in [0.15, 0.2) is 0 Å². The van der Waals surface area contributed by atoms with Crippen molar-refractivity contribution >= 4 is 0 Å². The molecule has 3 heteroatoms. The van der Waals surface area contributed by atoms with E-state index in [0.717, 1.165) is 24.3 Å². The van der Waals surface area contributed by atoms with Crippen LogP contribution in [-0.2, 0) is 6.54 Å². The quantitative estimate of drug-likeness (QED) is 0.792. The third-order valence-electron chi connectivity index (χ3n) is 6.72. The number of imidazole rings is 1. The summed E-state index contributed by atoms with van der Waals surface area (Å²) in [6, 6.07) is 0. The fourth-order valence-electron chi connectivity index (χ4n) is 4.93. The number of fused-ring (bicyclic) bond motifs is 1. The molecule has 3 nitrogen and oxygen atoms in total. The van der Waals surface area contributed by atoms with Gasteiger partial charge < -0.3 is 4.57 Å². The summed E-state index contributed by atoms with van der Waals surface area (Å²) >= 11 is 0. The SMILES string of the molecule is CC1(C)[C@H]2CC=C(CN3CCC(Cn4ccnc4)CC3)[C@@H]1C2. The summed E-state index contributed by atoms with van der Waals surface area (Å²) in [5.74, 6) is 2.66. The Kier molecular flexibility index (Phi) is 3.64. The van der Waals surface area contributed by atoms with Gasteiger partial charge in [0, 0.05) is 25.5 Å². The summed E-state index contributed by atoms with van der Waals surface area (Å²) in [4.78, 5) is 6.85. The first kappa shape index (κ1) is 14.5. The molecule has 22 heavy (non-hydrogen) atoms. The van der Waals surface area contributed by atoms with E-state index in [1.54, 1.807) is 5.57 Å². The molecule has 0 spiro atoms. The molecule has 2 bridgehead atoms. The van der Waals surface area contributed by atoms with Crippen LogP contribution in [0.15, 0.2) is 30.4 Å². The van der Waals surface area contributed by atoms with E-state index in [2.05, 4.69) is 40.6 Å². The van der Waals surface area contributed by atoms with Crippen molar-refractivity contribution in [2.24, 2.45) is 23.2 Å².